The first-order valence-corrected chi connectivity index (χ1v) is 20.0. The monoisotopic (exact) mass is 804 g/mol. The first kappa shape index (κ1) is 42.7. The van der Waals surface area contributed by atoms with Gasteiger partial charge in [0.2, 0.25) is 6.29 Å². The van der Waals surface area contributed by atoms with E-state index in [1.54, 1.807) is 0 Å². The Labute approximate surface area is 324 Å². The van der Waals surface area contributed by atoms with Gasteiger partial charge >= 0.3 is 5.97 Å². The van der Waals surface area contributed by atoms with Gasteiger partial charge in [0.1, 0.15) is 72.9 Å². The minimum Gasteiger partial charge on any atom is -0.432 e. The predicted octanol–water partition coefficient (Wildman–Crippen LogP) is -2.65. The maximum Gasteiger partial charge on any atom is 0.314 e. The maximum atomic E-state index is 14.8. The van der Waals surface area contributed by atoms with E-state index in [1.165, 1.54) is 0 Å². The average molecular weight is 805 g/mol. The van der Waals surface area contributed by atoms with Crippen molar-refractivity contribution in [3.8, 4) is 0 Å². The molecule has 2 bridgehead atoms. The minimum atomic E-state index is -1.96. The van der Waals surface area contributed by atoms with Gasteiger partial charge in [-0.25, -0.2) is 0 Å². The number of aliphatic hydroxyl groups excluding tert-OH is 10. The number of hydrogen-bond acceptors (Lipinski definition) is 18. The van der Waals surface area contributed by atoms with Crippen molar-refractivity contribution in [1.29, 1.82) is 0 Å². The van der Waals surface area contributed by atoms with Crippen LogP contribution in [-0.4, -0.2) is 175 Å². The molecule has 0 amide bonds. The molecular weight excluding hydrogens is 744 g/mol. The highest BCUT2D eigenvalue weighted by molar-refractivity contribution is 5.88. The molecule has 4 aliphatic carbocycles. The van der Waals surface area contributed by atoms with Crippen molar-refractivity contribution in [3.05, 3.63) is 0 Å². The third-order valence-electron chi connectivity index (χ3n) is 15.1. The molecule has 15 unspecified atom stereocenters. The lowest BCUT2D eigenvalue weighted by Gasteiger charge is -2.64. The highest BCUT2D eigenvalue weighted by atomic mass is 16.8. The Kier molecular flexibility index (Phi) is 11.8. The van der Waals surface area contributed by atoms with Crippen LogP contribution in [0.3, 0.4) is 0 Å². The molecule has 0 radical (unpaired) electrons. The molecule has 1 spiro atoms. The second-order valence-electron chi connectivity index (χ2n) is 18.4. The van der Waals surface area contributed by atoms with E-state index in [9.17, 15) is 60.7 Å². The normalized spacial score (nSPS) is 54.6. The highest BCUT2D eigenvalue weighted by Crippen LogP contribution is 2.73. The summed E-state index contributed by atoms with van der Waals surface area (Å²) in [4.78, 5) is 28.0. The van der Waals surface area contributed by atoms with E-state index in [1.807, 2.05) is 6.92 Å². The van der Waals surface area contributed by atoms with Crippen LogP contribution in [0.5, 0.6) is 0 Å². The molecule has 18 heteroatoms. The fraction of sp³-hybridized carbons (Fsp3) is 0.947. The van der Waals surface area contributed by atoms with Gasteiger partial charge < -0.3 is 79.5 Å². The Morgan fingerprint density at radius 3 is 1.73 bits per heavy atom. The van der Waals surface area contributed by atoms with Crippen molar-refractivity contribution in [1.82, 2.24) is 0 Å². The Bertz CT molecular complexity index is 1450. The van der Waals surface area contributed by atoms with Gasteiger partial charge in [-0.15, -0.1) is 0 Å². The number of Topliss-reactive ketones (excluding diaryl/α,β-unsaturated/α-hetero) is 1. The van der Waals surface area contributed by atoms with Crippen molar-refractivity contribution in [3.63, 3.8) is 0 Å². The molecule has 320 valence electrons. The second kappa shape index (κ2) is 15.5. The van der Waals surface area contributed by atoms with Crippen molar-refractivity contribution >= 4 is 11.8 Å². The highest BCUT2D eigenvalue weighted by Gasteiger charge is 2.69. The van der Waals surface area contributed by atoms with Crippen LogP contribution in [0.15, 0.2) is 0 Å². The van der Waals surface area contributed by atoms with Crippen LogP contribution < -0.4 is 0 Å². The number of ketones is 1. The topological polar surface area (TPSA) is 292 Å². The molecule has 7 fully saturated rings. The molecule has 21 atom stereocenters. The molecule has 3 heterocycles. The number of carbonyl (C=O) groups is 2. The first-order chi connectivity index (χ1) is 26.4. The molecule has 0 aromatic rings. The zero-order valence-electron chi connectivity index (χ0n) is 32.0. The van der Waals surface area contributed by atoms with Crippen LogP contribution >= 0.6 is 0 Å². The lowest BCUT2D eigenvalue weighted by Crippen LogP contribution is -2.67. The molecule has 0 aromatic heterocycles. The summed E-state index contributed by atoms with van der Waals surface area (Å²) in [6.07, 6.45) is -20.0. The van der Waals surface area contributed by atoms with Crippen molar-refractivity contribution in [2.45, 2.75) is 171 Å². The smallest absolute Gasteiger partial charge is 0.314 e. The van der Waals surface area contributed by atoms with Crippen LogP contribution in [0.4, 0.5) is 0 Å². The van der Waals surface area contributed by atoms with Gasteiger partial charge in [0.05, 0.1) is 25.2 Å². The van der Waals surface area contributed by atoms with E-state index in [0.717, 1.165) is 32.1 Å². The van der Waals surface area contributed by atoms with Crippen molar-refractivity contribution in [2.75, 3.05) is 19.8 Å². The molecule has 10 N–H and O–H groups in total. The summed E-state index contributed by atoms with van der Waals surface area (Å²) in [6, 6.07) is 0. The molecule has 18 nitrogen and oxygen atoms in total. The number of ether oxygens (including phenoxy) is 6. The van der Waals surface area contributed by atoms with Crippen LogP contribution in [0.25, 0.3) is 0 Å². The standard InChI is InChI=1S/C38H60O18/c1-35-9-5-20-36(2)7-4-8-37(3,19(36)6-10-38(20,15-35)11-21(35)42)34(50)56-33-30(55-32-28(49)26(47)23(44)17(13-40)52-32)29(24(45)18(14-41)53-33)54-31-27(48)25(46)22(43)16(12-39)51-31/h16-20,22-33,39-41,43-49H,4-15H2,1-3H3/t16?,17?,18?,19?,20-,22-,23?,24-,25?,26?,27?,28?,29?,30?,31?,32?,33?,35?,36+,37+,38+/m0/s1. The summed E-state index contributed by atoms with van der Waals surface area (Å²) >= 11 is 0. The Morgan fingerprint density at radius 2 is 1.16 bits per heavy atom. The van der Waals surface area contributed by atoms with E-state index in [2.05, 4.69) is 13.8 Å². The van der Waals surface area contributed by atoms with Crippen LogP contribution in [-0.2, 0) is 38.0 Å². The number of aliphatic hydroxyl groups is 10. The van der Waals surface area contributed by atoms with E-state index in [4.69, 9.17) is 28.4 Å². The summed E-state index contributed by atoms with van der Waals surface area (Å²) in [5, 5.41) is 105. The van der Waals surface area contributed by atoms with Crippen LogP contribution in [0.2, 0.25) is 0 Å². The van der Waals surface area contributed by atoms with Gasteiger partial charge in [0, 0.05) is 11.8 Å². The molecule has 0 aromatic carbocycles. The minimum absolute atomic E-state index is 0.117. The lowest BCUT2D eigenvalue weighted by molar-refractivity contribution is -0.388. The molecule has 7 rings (SSSR count). The van der Waals surface area contributed by atoms with Crippen molar-refractivity contribution in [2.24, 2.45) is 33.5 Å². The lowest BCUT2D eigenvalue weighted by atomic mass is 9.40. The molecule has 3 saturated heterocycles. The van der Waals surface area contributed by atoms with Gasteiger partial charge in [-0.1, -0.05) is 20.3 Å². The first-order valence-electron chi connectivity index (χ1n) is 20.0. The summed E-state index contributed by atoms with van der Waals surface area (Å²) < 4.78 is 35.3. The maximum absolute atomic E-state index is 14.8. The largest absolute Gasteiger partial charge is 0.432 e. The third-order valence-corrected chi connectivity index (χ3v) is 15.1. The zero-order valence-corrected chi connectivity index (χ0v) is 32.0. The fourth-order valence-electron chi connectivity index (χ4n) is 12.1. The SMILES string of the molecule is CC12CC[C@@H]3[C@](CCC4[C@](C)(C(=O)OC5OC(CO)[C@H](O)C(OC6OC(CO)[C@H](O)C(O)C6O)C5OC5OC(CO)C(O)C(O)C5O)CCC[C@]43C)(CC1=O)C2. The average Bonchev–Trinajstić information content (AvgIpc) is 3.35. The van der Waals surface area contributed by atoms with Gasteiger partial charge in [-0.3, -0.25) is 9.59 Å². The number of hydrogen-bond donors (Lipinski definition) is 10. The van der Waals surface area contributed by atoms with E-state index in [0.29, 0.717) is 31.5 Å². The van der Waals surface area contributed by atoms with Gasteiger partial charge in [0.15, 0.2) is 18.7 Å². The zero-order chi connectivity index (χ0) is 40.7. The second-order valence-corrected chi connectivity index (χ2v) is 18.4. The summed E-state index contributed by atoms with van der Waals surface area (Å²) in [6.45, 7) is 3.70. The number of fused-ring (bicyclic) bond motifs is 3. The van der Waals surface area contributed by atoms with Crippen LogP contribution in [0.1, 0.15) is 78.6 Å². The van der Waals surface area contributed by atoms with Gasteiger partial charge in [0.25, 0.3) is 0 Å². The Balaban J connectivity index is 1.20. The fourth-order valence-corrected chi connectivity index (χ4v) is 12.1. The number of esters is 1. The summed E-state index contributed by atoms with van der Waals surface area (Å²) in [7, 11) is 0. The molecule has 56 heavy (non-hydrogen) atoms. The van der Waals surface area contributed by atoms with E-state index < -0.39 is 123 Å². The molecule has 7 aliphatic rings. The number of carbonyl (C=O) groups excluding carboxylic acids is 2. The third kappa shape index (κ3) is 6.77. The van der Waals surface area contributed by atoms with E-state index >= 15 is 0 Å². The van der Waals surface area contributed by atoms with Gasteiger partial charge in [-0.2, -0.15) is 0 Å². The van der Waals surface area contributed by atoms with E-state index in [-0.39, 0.29) is 28.1 Å². The number of rotatable bonds is 9. The molecule has 4 saturated carbocycles. The summed E-state index contributed by atoms with van der Waals surface area (Å²) in [5.74, 6) is -0.291. The van der Waals surface area contributed by atoms with Crippen molar-refractivity contribution < 1.29 is 89.1 Å². The quantitative estimate of drug-likeness (QED) is 0.107. The Hall–Kier alpha value is -1.46. The van der Waals surface area contributed by atoms with Gasteiger partial charge in [-0.05, 0) is 74.5 Å². The predicted molar refractivity (Wildman–Crippen MR) is 185 cm³/mol. The molecular formula is C38H60O18. The summed E-state index contributed by atoms with van der Waals surface area (Å²) in [5.41, 5.74) is -1.80. The Morgan fingerprint density at radius 1 is 0.643 bits per heavy atom. The van der Waals surface area contributed by atoms with Crippen LogP contribution in [0, 0.1) is 33.5 Å². The molecule has 3 aliphatic heterocycles.